The summed E-state index contributed by atoms with van der Waals surface area (Å²) in [5.74, 6) is 3.44. The molecule has 1 aliphatic rings. The average molecular weight is 199 g/mol. The van der Waals surface area contributed by atoms with Crippen LogP contribution in [0.25, 0.3) is 0 Å². The molecule has 0 heterocycles. The highest BCUT2D eigenvalue weighted by Crippen LogP contribution is 2.28. The van der Waals surface area contributed by atoms with Gasteiger partial charge >= 0.3 is 0 Å². The molecule has 0 aliphatic heterocycles. The molecule has 0 unspecified atom stereocenters. The van der Waals surface area contributed by atoms with E-state index < -0.39 is 0 Å². The largest absolute Gasteiger partial charge is 0.382 e. The molecule has 1 aliphatic carbocycles. The number of benzene rings is 1. The van der Waals surface area contributed by atoms with Crippen LogP contribution in [0.4, 0.5) is 5.69 Å². The Balaban J connectivity index is 2.07. The van der Waals surface area contributed by atoms with Gasteiger partial charge in [0.25, 0.3) is 0 Å². The Hall–Kier alpha value is -1.42. The molecule has 1 heteroatoms. The summed E-state index contributed by atoms with van der Waals surface area (Å²) in [7, 11) is 0. The first kappa shape index (κ1) is 10.1. The summed E-state index contributed by atoms with van der Waals surface area (Å²) in [6.45, 7) is 2.32. The molecule has 1 nitrogen and oxygen atoms in total. The van der Waals surface area contributed by atoms with Gasteiger partial charge in [0.1, 0.15) is 0 Å². The number of terminal acetylenes is 1. The van der Waals surface area contributed by atoms with E-state index in [1.54, 1.807) is 0 Å². The van der Waals surface area contributed by atoms with Crippen LogP contribution >= 0.6 is 0 Å². The van der Waals surface area contributed by atoms with Crippen LogP contribution in [0.3, 0.4) is 0 Å². The molecular formula is C14H17N. The molecule has 0 amide bonds. The van der Waals surface area contributed by atoms with Gasteiger partial charge in [-0.05, 0) is 37.0 Å². The normalized spacial score (nSPS) is 24.8. The standard InChI is InChI=1S/C14H17N/c1-3-12-7-5-8-13(10-12)15-14-9-4-6-11(14)2/h1,5,7-8,10-11,14-15H,4,6,9H2,2H3/t11-,14-/m1/s1. The third-order valence-electron chi connectivity index (χ3n) is 3.24. The van der Waals surface area contributed by atoms with E-state index in [0.717, 1.165) is 17.2 Å². The van der Waals surface area contributed by atoms with Crippen molar-refractivity contribution in [3.63, 3.8) is 0 Å². The molecule has 1 saturated carbocycles. The number of hydrogen-bond acceptors (Lipinski definition) is 1. The average Bonchev–Trinajstić information content (AvgIpc) is 2.65. The van der Waals surface area contributed by atoms with Gasteiger partial charge in [0, 0.05) is 17.3 Å². The maximum absolute atomic E-state index is 5.38. The summed E-state index contributed by atoms with van der Waals surface area (Å²) in [5.41, 5.74) is 2.11. The van der Waals surface area contributed by atoms with Crippen LogP contribution in [0.5, 0.6) is 0 Å². The molecular weight excluding hydrogens is 182 g/mol. The molecule has 1 N–H and O–H groups in total. The van der Waals surface area contributed by atoms with Gasteiger partial charge in [-0.2, -0.15) is 0 Å². The number of hydrogen-bond donors (Lipinski definition) is 1. The van der Waals surface area contributed by atoms with Crippen LogP contribution in [-0.4, -0.2) is 6.04 Å². The number of anilines is 1. The fourth-order valence-electron chi connectivity index (χ4n) is 2.27. The van der Waals surface area contributed by atoms with Gasteiger partial charge in [0.2, 0.25) is 0 Å². The van der Waals surface area contributed by atoms with Crippen LogP contribution in [-0.2, 0) is 0 Å². The monoisotopic (exact) mass is 199 g/mol. The minimum atomic E-state index is 0.623. The molecule has 2 rings (SSSR count). The van der Waals surface area contributed by atoms with Gasteiger partial charge < -0.3 is 5.32 Å². The lowest BCUT2D eigenvalue weighted by Crippen LogP contribution is -2.21. The molecule has 15 heavy (non-hydrogen) atoms. The van der Waals surface area contributed by atoms with Gasteiger partial charge in [-0.1, -0.05) is 25.3 Å². The third-order valence-corrected chi connectivity index (χ3v) is 3.24. The Morgan fingerprint density at radius 3 is 2.93 bits per heavy atom. The van der Waals surface area contributed by atoms with Crippen molar-refractivity contribution in [3.05, 3.63) is 29.8 Å². The lowest BCUT2D eigenvalue weighted by atomic mass is 10.1. The molecule has 1 aromatic carbocycles. The topological polar surface area (TPSA) is 12.0 Å². The summed E-state index contributed by atoms with van der Waals surface area (Å²) in [5, 5.41) is 3.57. The van der Waals surface area contributed by atoms with E-state index in [2.05, 4.69) is 24.2 Å². The van der Waals surface area contributed by atoms with Crippen molar-refractivity contribution in [1.29, 1.82) is 0 Å². The molecule has 2 atom stereocenters. The predicted molar refractivity (Wildman–Crippen MR) is 64.8 cm³/mol. The fraction of sp³-hybridized carbons (Fsp3) is 0.429. The van der Waals surface area contributed by atoms with Crippen LogP contribution in [0.2, 0.25) is 0 Å². The van der Waals surface area contributed by atoms with Gasteiger partial charge in [0.05, 0.1) is 0 Å². The van der Waals surface area contributed by atoms with Crippen molar-refractivity contribution >= 4 is 5.69 Å². The van der Waals surface area contributed by atoms with Crippen molar-refractivity contribution in [2.75, 3.05) is 5.32 Å². The summed E-state index contributed by atoms with van der Waals surface area (Å²) >= 11 is 0. The van der Waals surface area contributed by atoms with Crippen LogP contribution in [0.1, 0.15) is 31.7 Å². The second-order valence-corrected chi connectivity index (χ2v) is 4.38. The lowest BCUT2D eigenvalue weighted by Gasteiger charge is -2.18. The number of nitrogens with one attached hydrogen (secondary N) is 1. The predicted octanol–water partition coefficient (Wildman–Crippen LogP) is 3.27. The minimum absolute atomic E-state index is 0.623. The quantitative estimate of drug-likeness (QED) is 0.721. The summed E-state index contributed by atoms with van der Waals surface area (Å²) in [4.78, 5) is 0. The molecule has 0 aromatic heterocycles. The first-order valence-corrected chi connectivity index (χ1v) is 5.63. The van der Waals surface area contributed by atoms with Gasteiger partial charge in [0.15, 0.2) is 0 Å². The molecule has 1 fully saturated rings. The van der Waals surface area contributed by atoms with Crippen molar-refractivity contribution < 1.29 is 0 Å². The van der Waals surface area contributed by atoms with E-state index in [1.165, 1.54) is 19.3 Å². The number of rotatable bonds is 2. The Morgan fingerprint density at radius 2 is 2.27 bits per heavy atom. The third kappa shape index (κ3) is 2.33. The van der Waals surface area contributed by atoms with E-state index in [9.17, 15) is 0 Å². The molecule has 1 aromatic rings. The van der Waals surface area contributed by atoms with Gasteiger partial charge in [-0.25, -0.2) is 0 Å². The van der Waals surface area contributed by atoms with Crippen molar-refractivity contribution in [2.45, 2.75) is 32.2 Å². The Morgan fingerprint density at radius 1 is 1.40 bits per heavy atom. The molecule has 0 radical (unpaired) electrons. The van der Waals surface area contributed by atoms with Crippen molar-refractivity contribution in [3.8, 4) is 12.3 Å². The maximum atomic E-state index is 5.38. The fourth-order valence-corrected chi connectivity index (χ4v) is 2.27. The lowest BCUT2D eigenvalue weighted by molar-refractivity contribution is 0.556. The van der Waals surface area contributed by atoms with Gasteiger partial charge in [-0.15, -0.1) is 6.42 Å². The van der Waals surface area contributed by atoms with E-state index in [-0.39, 0.29) is 0 Å². The first-order valence-electron chi connectivity index (χ1n) is 5.63. The van der Waals surface area contributed by atoms with E-state index in [0.29, 0.717) is 6.04 Å². The zero-order chi connectivity index (χ0) is 10.7. The zero-order valence-electron chi connectivity index (χ0n) is 9.16. The van der Waals surface area contributed by atoms with Crippen LogP contribution in [0.15, 0.2) is 24.3 Å². The van der Waals surface area contributed by atoms with E-state index in [4.69, 9.17) is 6.42 Å². The van der Waals surface area contributed by atoms with Gasteiger partial charge in [-0.3, -0.25) is 0 Å². The molecule has 0 saturated heterocycles. The SMILES string of the molecule is C#Cc1cccc(N[C@@H]2CCC[C@H]2C)c1. The first-order chi connectivity index (χ1) is 7.29. The highest BCUT2D eigenvalue weighted by molar-refractivity contribution is 5.50. The van der Waals surface area contributed by atoms with E-state index >= 15 is 0 Å². The molecule has 0 bridgehead atoms. The minimum Gasteiger partial charge on any atom is -0.382 e. The summed E-state index contributed by atoms with van der Waals surface area (Å²) < 4.78 is 0. The highest BCUT2D eigenvalue weighted by Gasteiger charge is 2.22. The molecule has 0 spiro atoms. The Kier molecular flexibility index (Phi) is 2.97. The van der Waals surface area contributed by atoms with Crippen LogP contribution < -0.4 is 5.32 Å². The summed E-state index contributed by atoms with van der Waals surface area (Å²) in [6.07, 6.45) is 9.34. The Labute approximate surface area is 91.9 Å². The second-order valence-electron chi connectivity index (χ2n) is 4.38. The second kappa shape index (κ2) is 4.40. The smallest absolute Gasteiger partial charge is 0.0354 e. The Bertz CT molecular complexity index is 375. The maximum Gasteiger partial charge on any atom is 0.0354 e. The van der Waals surface area contributed by atoms with Crippen LogP contribution in [0, 0.1) is 18.3 Å². The summed E-state index contributed by atoms with van der Waals surface area (Å²) in [6, 6.07) is 8.73. The highest BCUT2D eigenvalue weighted by atomic mass is 14.9. The molecule has 78 valence electrons. The zero-order valence-corrected chi connectivity index (χ0v) is 9.16. The van der Waals surface area contributed by atoms with E-state index in [1.807, 2.05) is 18.2 Å². The van der Waals surface area contributed by atoms with Crippen molar-refractivity contribution in [1.82, 2.24) is 0 Å². The van der Waals surface area contributed by atoms with Crippen molar-refractivity contribution in [2.24, 2.45) is 5.92 Å².